The van der Waals surface area contributed by atoms with E-state index in [2.05, 4.69) is 13.5 Å². The quantitative estimate of drug-likeness (QED) is 0.255. The van der Waals surface area contributed by atoms with Gasteiger partial charge < -0.3 is 39.7 Å². The van der Waals surface area contributed by atoms with Crippen LogP contribution in [0.1, 0.15) is 52.4 Å². The summed E-state index contributed by atoms with van der Waals surface area (Å²) in [5.41, 5.74) is 1.07. The van der Waals surface area contributed by atoms with E-state index in [1.807, 2.05) is 13.0 Å². The second-order valence-corrected chi connectivity index (χ2v) is 11.2. The van der Waals surface area contributed by atoms with Gasteiger partial charge in [0, 0.05) is 11.0 Å². The number of ether oxygens (including phenoxy) is 3. The van der Waals surface area contributed by atoms with Gasteiger partial charge in [0.15, 0.2) is 6.29 Å². The van der Waals surface area contributed by atoms with Gasteiger partial charge in [0.25, 0.3) is 0 Å². The second kappa shape index (κ2) is 10.2. The Balaban J connectivity index is 1.50. The average Bonchev–Trinajstić information content (AvgIpc) is 3.24. The highest BCUT2D eigenvalue weighted by Gasteiger charge is 2.58. The van der Waals surface area contributed by atoms with Gasteiger partial charge in [-0.25, -0.2) is 4.79 Å². The van der Waals surface area contributed by atoms with Crippen molar-refractivity contribution in [3.05, 3.63) is 23.8 Å². The van der Waals surface area contributed by atoms with E-state index in [9.17, 15) is 30.3 Å². The van der Waals surface area contributed by atoms with E-state index in [-0.39, 0.29) is 29.8 Å². The summed E-state index contributed by atoms with van der Waals surface area (Å²) in [4.78, 5) is 11.9. The van der Waals surface area contributed by atoms with E-state index in [1.54, 1.807) is 0 Å². The van der Waals surface area contributed by atoms with Crippen molar-refractivity contribution in [1.82, 2.24) is 0 Å². The molecular weight excluding hydrogens is 456 g/mol. The average molecular weight is 497 g/mol. The number of esters is 1. The number of allylic oxidation sites excluding steroid dienone is 1. The SMILES string of the molecule is C=C1CC[C@@H]2[C@](C)(CO[C@H]3O[C@@H](CO)[C@H](O)[C@@H](O)[C@@H]3O)[C@H](O)CC[C@@]2(C)[C@@H]1CCC1=CCOC1=O. The number of aliphatic hydroxyl groups excluding tert-OH is 5. The van der Waals surface area contributed by atoms with Gasteiger partial charge in [-0.15, -0.1) is 0 Å². The Kier molecular flexibility index (Phi) is 7.79. The van der Waals surface area contributed by atoms with Crippen molar-refractivity contribution in [2.75, 3.05) is 19.8 Å². The van der Waals surface area contributed by atoms with Crippen molar-refractivity contribution in [2.24, 2.45) is 22.7 Å². The van der Waals surface area contributed by atoms with E-state index in [0.717, 1.165) is 25.7 Å². The molecule has 2 saturated carbocycles. The Morgan fingerprint density at radius 1 is 1.14 bits per heavy atom. The maximum absolute atomic E-state index is 11.9. The highest BCUT2D eigenvalue weighted by Crippen LogP contribution is 2.62. The molecule has 9 nitrogen and oxygen atoms in total. The van der Waals surface area contributed by atoms with Crippen molar-refractivity contribution in [1.29, 1.82) is 0 Å². The first-order chi connectivity index (χ1) is 16.5. The third kappa shape index (κ3) is 4.72. The summed E-state index contributed by atoms with van der Waals surface area (Å²) in [5.74, 6) is 0.0169. The number of cyclic esters (lactones) is 1. The molecule has 10 atom stereocenters. The summed E-state index contributed by atoms with van der Waals surface area (Å²) in [7, 11) is 0. The molecule has 35 heavy (non-hydrogen) atoms. The van der Waals surface area contributed by atoms with Crippen LogP contribution in [-0.4, -0.2) is 88.1 Å². The lowest BCUT2D eigenvalue weighted by molar-refractivity contribution is -0.313. The standard InChI is InChI=1S/C26H40O9/c1-14-4-7-18-25(2,16(14)6-5-15-9-11-33-23(15)32)10-8-19(28)26(18,3)13-34-24-22(31)21(30)20(29)17(12-27)35-24/h9,16-22,24,27-31H,1,4-8,10-13H2,2-3H3/t16-,17+,18+,19-,20+,21-,22+,24+,25+,26+/m1/s1. The lowest BCUT2D eigenvalue weighted by atomic mass is 9.46. The molecule has 2 aliphatic carbocycles. The summed E-state index contributed by atoms with van der Waals surface area (Å²) in [6.07, 6.45) is -1.06. The molecule has 0 bridgehead atoms. The van der Waals surface area contributed by atoms with E-state index in [1.165, 1.54) is 5.57 Å². The minimum Gasteiger partial charge on any atom is -0.458 e. The topological polar surface area (TPSA) is 146 Å². The molecule has 0 unspecified atom stereocenters. The number of hydrogen-bond donors (Lipinski definition) is 5. The summed E-state index contributed by atoms with van der Waals surface area (Å²) in [6, 6.07) is 0. The number of rotatable bonds is 7. The van der Waals surface area contributed by atoms with Crippen LogP contribution < -0.4 is 0 Å². The lowest BCUT2D eigenvalue weighted by Crippen LogP contribution is -2.61. The number of carbonyl (C=O) groups excluding carboxylic acids is 1. The van der Waals surface area contributed by atoms with Crippen LogP contribution in [0.3, 0.4) is 0 Å². The molecule has 9 heteroatoms. The summed E-state index contributed by atoms with van der Waals surface area (Å²) in [5, 5.41) is 51.2. The van der Waals surface area contributed by atoms with Crippen LogP contribution in [0.25, 0.3) is 0 Å². The first kappa shape index (κ1) is 26.7. The monoisotopic (exact) mass is 496 g/mol. The van der Waals surface area contributed by atoms with Crippen LogP contribution in [0.2, 0.25) is 0 Å². The number of hydrogen-bond acceptors (Lipinski definition) is 9. The largest absolute Gasteiger partial charge is 0.458 e. The van der Waals surface area contributed by atoms with Gasteiger partial charge in [-0.05, 0) is 61.9 Å². The van der Waals surface area contributed by atoms with Gasteiger partial charge in [0.05, 0.1) is 19.3 Å². The Hall–Kier alpha value is -1.33. The molecule has 2 aliphatic heterocycles. The highest BCUT2D eigenvalue weighted by molar-refractivity contribution is 5.90. The van der Waals surface area contributed by atoms with Crippen LogP contribution >= 0.6 is 0 Å². The Bertz CT molecular complexity index is 841. The van der Waals surface area contributed by atoms with E-state index in [0.29, 0.717) is 25.0 Å². The van der Waals surface area contributed by atoms with Gasteiger partial charge in [-0.3, -0.25) is 0 Å². The van der Waals surface area contributed by atoms with Crippen molar-refractivity contribution in [3.63, 3.8) is 0 Å². The molecule has 0 amide bonds. The normalized spacial score (nSPS) is 46.2. The molecule has 4 rings (SSSR count). The smallest absolute Gasteiger partial charge is 0.334 e. The predicted octanol–water partition coefficient (Wildman–Crippen LogP) is 0.816. The fourth-order valence-corrected chi connectivity index (χ4v) is 7.08. The first-order valence-electron chi connectivity index (χ1n) is 12.7. The Labute approximate surface area is 206 Å². The molecule has 3 fully saturated rings. The van der Waals surface area contributed by atoms with Gasteiger partial charge in [-0.2, -0.15) is 0 Å². The molecule has 2 heterocycles. The highest BCUT2D eigenvalue weighted by atomic mass is 16.7. The van der Waals surface area contributed by atoms with E-state index < -0.39 is 48.8 Å². The van der Waals surface area contributed by atoms with Crippen LogP contribution in [0.4, 0.5) is 0 Å². The zero-order valence-electron chi connectivity index (χ0n) is 20.6. The van der Waals surface area contributed by atoms with Gasteiger partial charge in [0.1, 0.15) is 31.0 Å². The molecule has 4 aliphatic rings. The zero-order valence-corrected chi connectivity index (χ0v) is 20.6. The third-order valence-electron chi connectivity index (χ3n) is 9.27. The molecule has 5 N–H and O–H groups in total. The molecule has 0 aromatic heterocycles. The fraction of sp³-hybridized carbons (Fsp3) is 0.808. The minimum atomic E-state index is -1.51. The van der Waals surface area contributed by atoms with Gasteiger partial charge in [0.2, 0.25) is 0 Å². The summed E-state index contributed by atoms with van der Waals surface area (Å²) >= 11 is 0. The van der Waals surface area contributed by atoms with Crippen LogP contribution in [0.15, 0.2) is 23.8 Å². The summed E-state index contributed by atoms with van der Waals surface area (Å²) < 4.78 is 16.5. The Morgan fingerprint density at radius 2 is 1.89 bits per heavy atom. The van der Waals surface area contributed by atoms with Crippen LogP contribution in [0, 0.1) is 22.7 Å². The second-order valence-electron chi connectivity index (χ2n) is 11.2. The number of carbonyl (C=O) groups is 1. The molecule has 1 saturated heterocycles. The minimum absolute atomic E-state index is 0.0772. The molecule has 0 aromatic carbocycles. The van der Waals surface area contributed by atoms with Gasteiger partial charge in [-0.1, -0.05) is 26.0 Å². The number of aliphatic hydroxyl groups is 5. The molecular formula is C26H40O9. The Morgan fingerprint density at radius 3 is 2.54 bits per heavy atom. The fourth-order valence-electron chi connectivity index (χ4n) is 7.08. The third-order valence-corrected chi connectivity index (χ3v) is 9.27. The maximum atomic E-state index is 11.9. The van der Waals surface area contributed by atoms with Crippen molar-refractivity contribution >= 4 is 5.97 Å². The van der Waals surface area contributed by atoms with Crippen molar-refractivity contribution in [2.45, 2.75) is 89.2 Å². The first-order valence-corrected chi connectivity index (χ1v) is 12.7. The predicted molar refractivity (Wildman–Crippen MR) is 125 cm³/mol. The maximum Gasteiger partial charge on any atom is 0.334 e. The zero-order chi connectivity index (χ0) is 25.5. The van der Waals surface area contributed by atoms with Gasteiger partial charge >= 0.3 is 5.97 Å². The number of fused-ring (bicyclic) bond motifs is 1. The van der Waals surface area contributed by atoms with Crippen LogP contribution in [-0.2, 0) is 19.0 Å². The van der Waals surface area contributed by atoms with E-state index in [4.69, 9.17) is 14.2 Å². The van der Waals surface area contributed by atoms with Crippen molar-refractivity contribution in [3.8, 4) is 0 Å². The van der Waals surface area contributed by atoms with Crippen LogP contribution in [0.5, 0.6) is 0 Å². The molecule has 0 aromatic rings. The summed E-state index contributed by atoms with van der Waals surface area (Å²) in [6.45, 7) is 8.48. The lowest BCUT2D eigenvalue weighted by Gasteiger charge is -2.60. The molecule has 0 spiro atoms. The van der Waals surface area contributed by atoms with E-state index >= 15 is 0 Å². The van der Waals surface area contributed by atoms with Crippen molar-refractivity contribution < 1.29 is 44.5 Å². The molecule has 0 radical (unpaired) electrons. The molecule has 198 valence electrons.